The number of hydrogen-bond donors (Lipinski definition) is 0. The van der Waals surface area contributed by atoms with Gasteiger partial charge in [0.05, 0.1) is 5.69 Å². The zero-order chi connectivity index (χ0) is 21.3. The molecular weight excluding hydrogens is 386 g/mol. The predicted octanol–water partition coefficient (Wildman–Crippen LogP) is 2.78. The van der Waals surface area contributed by atoms with Gasteiger partial charge in [0.15, 0.2) is 29.5 Å². The van der Waals surface area contributed by atoms with Crippen molar-refractivity contribution in [2.75, 3.05) is 19.8 Å². The molecule has 8 heteroatoms. The van der Waals surface area contributed by atoms with Crippen molar-refractivity contribution in [2.45, 2.75) is 33.6 Å². The molecule has 3 heterocycles. The predicted molar refractivity (Wildman–Crippen MR) is 108 cm³/mol. The van der Waals surface area contributed by atoms with Gasteiger partial charge in [0, 0.05) is 29.4 Å². The lowest BCUT2D eigenvalue weighted by Gasteiger charge is -2.18. The first-order valence-corrected chi connectivity index (χ1v) is 9.83. The number of hydrogen-bond acceptors (Lipinski definition) is 7. The van der Waals surface area contributed by atoms with Gasteiger partial charge in [0.1, 0.15) is 13.2 Å². The van der Waals surface area contributed by atoms with Crippen LogP contribution in [-0.4, -0.2) is 46.2 Å². The van der Waals surface area contributed by atoms with E-state index in [2.05, 4.69) is 10.1 Å². The van der Waals surface area contributed by atoms with Gasteiger partial charge in [-0.3, -0.25) is 9.59 Å². The minimum atomic E-state index is -0.434. The molecule has 0 fully saturated rings. The number of aryl methyl sites for hydroxylation is 3. The summed E-state index contributed by atoms with van der Waals surface area (Å²) in [6.45, 7) is 6.41. The van der Waals surface area contributed by atoms with Crippen molar-refractivity contribution < 1.29 is 23.8 Å². The van der Waals surface area contributed by atoms with Gasteiger partial charge >= 0.3 is 5.97 Å². The van der Waals surface area contributed by atoms with Gasteiger partial charge in [0.25, 0.3) is 0 Å². The molecule has 3 aromatic rings. The van der Waals surface area contributed by atoms with Gasteiger partial charge in [-0.2, -0.15) is 5.10 Å². The number of carbonyl (C=O) groups excluding carboxylic acids is 2. The number of nitrogens with zero attached hydrogens (tertiary/aromatic N) is 3. The van der Waals surface area contributed by atoms with Gasteiger partial charge in [-0.05, 0) is 51.0 Å². The standard InChI is InChI=1S/C22H23N3O5/c1-13-10-21-23-14(2)17(15(3)25(21)24-13)5-7-22(27)30-12-18(26)16-4-6-19-20(11-16)29-9-8-28-19/h4,6,10-11H,5,7-9,12H2,1-3H3. The molecule has 8 nitrogen and oxygen atoms in total. The summed E-state index contributed by atoms with van der Waals surface area (Å²) in [6.07, 6.45) is 0.625. The third-order valence-electron chi connectivity index (χ3n) is 5.09. The Balaban J connectivity index is 1.35. The number of benzene rings is 1. The molecule has 0 aliphatic carbocycles. The summed E-state index contributed by atoms with van der Waals surface area (Å²) in [5.74, 6) is 0.416. The minimum absolute atomic E-state index is 0.156. The molecule has 0 atom stereocenters. The average molecular weight is 409 g/mol. The highest BCUT2D eigenvalue weighted by Gasteiger charge is 2.17. The summed E-state index contributed by atoms with van der Waals surface area (Å²) in [5.41, 5.74) is 4.87. The number of fused-ring (bicyclic) bond motifs is 2. The Kier molecular flexibility index (Phi) is 5.39. The van der Waals surface area contributed by atoms with Crippen molar-refractivity contribution >= 4 is 17.4 Å². The fraction of sp³-hybridized carbons (Fsp3) is 0.364. The van der Waals surface area contributed by atoms with E-state index >= 15 is 0 Å². The van der Waals surface area contributed by atoms with Gasteiger partial charge in [-0.25, -0.2) is 9.50 Å². The summed E-state index contributed by atoms with van der Waals surface area (Å²) < 4.78 is 17.9. The van der Waals surface area contributed by atoms with E-state index in [1.54, 1.807) is 22.7 Å². The molecule has 4 rings (SSSR count). The lowest BCUT2D eigenvalue weighted by Crippen LogP contribution is -2.17. The maximum Gasteiger partial charge on any atom is 0.306 e. The van der Waals surface area contributed by atoms with Crippen LogP contribution in [0.2, 0.25) is 0 Å². The molecular formula is C22H23N3O5. The smallest absolute Gasteiger partial charge is 0.306 e. The number of aromatic nitrogens is 3. The van der Waals surface area contributed by atoms with Gasteiger partial charge in [-0.1, -0.05) is 0 Å². The summed E-state index contributed by atoms with van der Waals surface area (Å²) in [5, 5.41) is 4.44. The van der Waals surface area contributed by atoms with Crippen molar-refractivity contribution in [3.05, 3.63) is 52.5 Å². The first-order chi connectivity index (χ1) is 14.4. The van der Waals surface area contributed by atoms with Gasteiger partial charge < -0.3 is 14.2 Å². The van der Waals surface area contributed by atoms with Crippen LogP contribution in [-0.2, 0) is 16.0 Å². The Morgan fingerprint density at radius 2 is 1.87 bits per heavy atom. The SMILES string of the molecule is Cc1cc2nc(C)c(CCC(=O)OCC(=O)c3ccc4c(c3)OCCO4)c(C)n2n1. The zero-order valence-corrected chi connectivity index (χ0v) is 17.2. The summed E-state index contributed by atoms with van der Waals surface area (Å²) in [7, 11) is 0. The summed E-state index contributed by atoms with van der Waals surface area (Å²) in [4.78, 5) is 29.1. The molecule has 0 amide bonds. The molecule has 30 heavy (non-hydrogen) atoms. The molecule has 2 aromatic heterocycles. The molecule has 0 spiro atoms. The molecule has 0 bridgehead atoms. The zero-order valence-electron chi connectivity index (χ0n) is 17.2. The maximum atomic E-state index is 12.4. The van der Waals surface area contributed by atoms with Gasteiger partial charge in [-0.15, -0.1) is 0 Å². The molecule has 0 saturated carbocycles. The topological polar surface area (TPSA) is 92.0 Å². The Bertz CT molecular complexity index is 1140. The van der Waals surface area contributed by atoms with E-state index in [4.69, 9.17) is 14.2 Å². The Morgan fingerprint density at radius 3 is 2.67 bits per heavy atom. The van der Waals surface area contributed by atoms with E-state index in [9.17, 15) is 9.59 Å². The fourth-order valence-corrected chi connectivity index (χ4v) is 3.55. The number of ketones is 1. The third kappa shape index (κ3) is 3.98. The normalized spacial score (nSPS) is 12.8. The molecule has 0 unspecified atom stereocenters. The van der Waals surface area contributed by atoms with Crippen molar-refractivity contribution in [1.29, 1.82) is 0 Å². The molecule has 156 valence electrons. The largest absolute Gasteiger partial charge is 0.486 e. The molecule has 0 saturated heterocycles. The molecule has 1 aliphatic heterocycles. The number of esters is 1. The number of carbonyl (C=O) groups is 2. The van der Waals surface area contributed by atoms with E-state index in [1.165, 1.54) is 0 Å². The molecule has 1 aliphatic rings. The first-order valence-electron chi connectivity index (χ1n) is 9.83. The summed E-state index contributed by atoms with van der Waals surface area (Å²) >= 11 is 0. The Hall–Kier alpha value is -3.42. The summed E-state index contributed by atoms with van der Waals surface area (Å²) in [6, 6.07) is 6.87. The highest BCUT2D eigenvalue weighted by molar-refractivity contribution is 5.98. The van der Waals surface area contributed by atoms with E-state index in [1.807, 2.05) is 26.8 Å². The number of ether oxygens (including phenoxy) is 3. The maximum absolute atomic E-state index is 12.4. The van der Waals surface area contributed by atoms with Crippen LogP contribution in [0.1, 0.15) is 39.4 Å². The van der Waals surface area contributed by atoms with Crippen LogP contribution in [0.15, 0.2) is 24.3 Å². The highest BCUT2D eigenvalue weighted by atomic mass is 16.6. The molecule has 0 radical (unpaired) electrons. The van der Waals surface area contributed by atoms with E-state index in [-0.39, 0.29) is 18.8 Å². The second-order valence-corrected chi connectivity index (χ2v) is 7.26. The monoisotopic (exact) mass is 409 g/mol. The number of Topliss-reactive ketones (excluding diaryl/α,β-unsaturated/α-hetero) is 1. The first kappa shape index (κ1) is 19.9. The highest BCUT2D eigenvalue weighted by Crippen LogP contribution is 2.30. The Labute approximate surface area is 173 Å². The third-order valence-corrected chi connectivity index (χ3v) is 5.09. The average Bonchev–Trinajstić information content (AvgIpc) is 3.11. The fourth-order valence-electron chi connectivity index (χ4n) is 3.55. The lowest BCUT2D eigenvalue weighted by atomic mass is 10.1. The van der Waals surface area contributed by atoms with Crippen molar-refractivity contribution in [3.63, 3.8) is 0 Å². The van der Waals surface area contributed by atoms with Crippen molar-refractivity contribution in [1.82, 2.24) is 14.6 Å². The van der Waals surface area contributed by atoms with Crippen LogP contribution >= 0.6 is 0 Å². The van der Waals surface area contributed by atoms with Crippen LogP contribution in [0.5, 0.6) is 11.5 Å². The van der Waals surface area contributed by atoms with Crippen LogP contribution in [0.25, 0.3) is 5.65 Å². The lowest BCUT2D eigenvalue weighted by molar-refractivity contribution is -0.142. The van der Waals surface area contributed by atoms with E-state index in [0.29, 0.717) is 36.7 Å². The number of rotatable bonds is 6. The van der Waals surface area contributed by atoms with Crippen LogP contribution in [0.3, 0.4) is 0 Å². The van der Waals surface area contributed by atoms with Crippen LogP contribution in [0.4, 0.5) is 0 Å². The van der Waals surface area contributed by atoms with Crippen molar-refractivity contribution in [2.24, 2.45) is 0 Å². The van der Waals surface area contributed by atoms with Crippen molar-refractivity contribution in [3.8, 4) is 11.5 Å². The van der Waals surface area contributed by atoms with E-state index < -0.39 is 5.97 Å². The second-order valence-electron chi connectivity index (χ2n) is 7.26. The molecule has 1 aromatic carbocycles. The quantitative estimate of drug-likeness (QED) is 0.457. The van der Waals surface area contributed by atoms with Crippen LogP contribution < -0.4 is 9.47 Å². The van der Waals surface area contributed by atoms with E-state index in [0.717, 1.165) is 28.3 Å². The van der Waals surface area contributed by atoms with Crippen LogP contribution in [0, 0.1) is 20.8 Å². The second kappa shape index (κ2) is 8.14. The molecule has 0 N–H and O–H groups in total. The Morgan fingerprint density at radius 1 is 1.10 bits per heavy atom. The van der Waals surface area contributed by atoms with Gasteiger partial charge in [0.2, 0.25) is 0 Å². The minimum Gasteiger partial charge on any atom is -0.486 e.